The molecule has 1 aliphatic rings. The standard InChI is InChI=1S/C20H24N4O3S/c1-4-17(22-7-9-23(10-8-22)28(3,26)27)13-24-18(12-21)11-19-15(2)16(14-25)5-6-20(19)24/h4-6,11,14,17H,1,7-10,13H2,2-3H3/t17-/m0/s1. The summed E-state index contributed by atoms with van der Waals surface area (Å²) in [6, 6.07) is 7.67. The maximum atomic E-state index is 11.7. The number of hydrogen-bond donors (Lipinski definition) is 0. The molecular formula is C20H24N4O3S. The van der Waals surface area contributed by atoms with Crippen LogP contribution in [0.5, 0.6) is 0 Å². The summed E-state index contributed by atoms with van der Waals surface area (Å²) < 4.78 is 26.9. The number of benzene rings is 1. The number of piperazine rings is 1. The molecule has 7 nitrogen and oxygen atoms in total. The molecule has 1 saturated heterocycles. The molecule has 3 rings (SSSR count). The largest absolute Gasteiger partial charge is 0.330 e. The number of hydrogen-bond acceptors (Lipinski definition) is 5. The average Bonchev–Trinajstić information content (AvgIpc) is 3.04. The maximum Gasteiger partial charge on any atom is 0.211 e. The van der Waals surface area contributed by atoms with E-state index < -0.39 is 10.0 Å². The van der Waals surface area contributed by atoms with Crippen molar-refractivity contribution >= 4 is 27.2 Å². The molecule has 0 aliphatic carbocycles. The number of carbonyl (C=O) groups is 1. The monoisotopic (exact) mass is 400 g/mol. The Morgan fingerprint density at radius 2 is 1.96 bits per heavy atom. The van der Waals surface area contributed by atoms with E-state index in [9.17, 15) is 18.5 Å². The Labute approximate surface area is 165 Å². The Morgan fingerprint density at radius 3 is 2.50 bits per heavy atom. The van der Waals surface area contributed by atoms with Crippen LogP contribution in [-0.4, -0.2) is 67.0 Å². The van der Waals surface area contributed by atoms with E-state index in [4.69, 9.17) is 0 Å². The van der Waals surface area contributed by atoms with Crippen molar-refractivity contribution in [3.63, 3.8) is 0 Å². The van der Waals surface area contributed by atoms with Crippen LogP contribution < -0.4 is 0 Å². The van der Waals surface area contributed by atoms with Gasteiger partial charge in [0.2, 0.25) is 10.0 Å². The van der Waals surface area contributed by atoms with Crippen molar-refractivity contribution in [2.24, 2.45) is 0 Å². The molecule has 1 aliphatic heterocycles. The molecule has 2 aromatic rings. The first-order valence-electron chi connectivity index (χ1n) is 9.10. The quantitative estimate of drug-likeness (QED) is 0.545. The molecule has 8 heteroatoms. The Balaban J connectivity index is 1.89. The van der Waals surface area contributed by atoms with E-state index in [1.807, 2.05) is 29.7 Å². The first-order valence-corrected chi connectivity index (χ1v) is 10.9. The van der Waals surface area contributed by atoms with Crippen LogP contribution >= 0.6 is 0 Å². The Kier molecular flexibility index (Phi) is 5.70. The van der Waals surface area contributed by atoms with Gasteiger partial charge in [-0.05, 0) is 30.7 Å². The van der Waals surface area contributed by atoms with E-state index in [2.05, 4.69) is 17.5 Å². The number of nitrogens with zero attached hydrogens (tertiary/aromatic N) is 4. The number of sulfonamides is 1. The lowest BCUT2D eigenvalue weighted by Gasteiger charge is -2.37. The summed E-state index contributed by atoms with van der Waals surface area (Å²) in [5.41, 5.74) is 2.91. The van der Waals surface area contributed by atoms with Gasteiger partial charge in [0, 0.05) is 55.2 Å². The Hall–Kier alpha value is -2.47. The molecule has 1 aromatic heterocycles. The first kappa shape index (κ1) is 20.3. The van der Waals surface area contributed by atoms with Crippen molar-refractivity contribution in [1.29, 1.82) is 5.26 Å². The Morgan fingerprint density at radius 1 is 1.29 bits per heavy atom. The summed E-state index contributed by atoms with van der Waals surface area (Å²) in [7, 11) is -3.18. The molecule has 0 amide bonds. The van der Waals surface area contributed by atoms with Gasteiger partial charge in [0.05, 0.1) is 6.26 Å². The fraction of sp³-hybridized carbons (Fsp3) is 0.400. The maximum absolute atomic E-state index is 11.7. The van der Waals surface area contributed by atoms with Crippen LogP contribution in [0.2, 0.25) is 0 Å². The summed E-state index contributed by atoms with van der Waals surface area (Å²) in [5.74, 6) is 0. The molecule has 1 atom stereocenters. The predicted octanol–water partition coefficient (Wildman–Crippen LogP) is 1.77. The lowest BCUT2D eigenvalue weighted by atomic mass is 10.1. The second-order valence-corrected chi connectivity index (χ2v) is 9.07. The summed E-state index contributed by atoms with van der Waals surface area (Å²) >= 11 is 0. The highest BCUT2D eigenvalue weighted by Gasteiger charge is 2.27. The topological polar surface area (TPSA) is 86.4 Å². The second-order valence-electron chi connectivity index (χ2n) is 7.08. The third-order valence-electron chi connectivity index (χ3n) is 5.49. The smallest absolute Gasteiger partial charge is 0.211 e. The predicted molar refractivity (Wildman–Crippen MR) is 109 cm³/mol. The average molecular weight is 401 g/mol. The van der Waals surface area contributed by atoms with E-state index in [1.165, 1.54) is 10.6 Å². The van der Waals surface area contributed by atoms with Crippen LogP contribution in [0, 0.1) is 18.3 Å². The molecule has 0 saturated carbocycles. The fourth-order valence-corrected chi connectivity index (χ4v) is 4.63. The van der Waals surface area contributed by atoms with Crippen LogP contribution in [0.3, 0.4) is 0 Å². The molecule has 0 bridgehead atoms. The molecule has 0 radical (unpaired) electrons. The van der Waals surface area contributed by atoms with Gasteiger partial charge in [-0.15, -0.1) is 6.58 Å². The molecular weight excluding hydrogens is 376 g/mol. The van der Waals surface area contributed by atoms with Crippen LogP contribution in [0.1, 0.15) is 21.6 Å². The van der Waals surface area contributed by atoms with Crippen molar-refractivity contribution in [2.75, 3.05) is 32.4 Å². The zero-order chi connectivity index (χ0) is 20.5. The minimum absolute atomic E-state index is 0.0320. The highest BCUT2D eigenvalue weighted by atomic mass is 32.2. The minimum Gasteiger partial charge on any atom is -0.330 e. The van der Waals surface area contributed by atoms with Gasteiger partial charge in [-0.2, -0.15) is 9.57 Å². The summed E-state index contributed by atoms with van der Waals surface area (Å²) in [6.45, 7) is 8.48. The highest BCUT2D eigenvalue weighted by Crippen LogP contribution is 2.26. The van der Waals surface area contributed by atoms with Gasteiger partial charge in [-0.1, -0.05) is 6.08 Å². The van der Waals surface area contributed by atoms with Gasteiger partial charge in [-0.3, -0.25) is 9.69 Å². The highest BCUT2D eigenvalue weighted by molar-refractivity contribution is 7.88. The van der Waals surface area contributed by atoms with E-state index in [-0.39, 0.29) is 6.04 Å². The van der Waals surface area contributed by atoms with Gasteiger partial charge < -0.3 is 4.57 Å². The van der Waals surface area contributed by atoms with E-state index >= 15 is 0 Å². The van der Waals surface area contributed by atoms with Crippen molar-refractivity contribution in [3.8, 4) is 6.07 Å². The van der Waals surface area contributed by atoms with Crippen LogP contribution in [0.25, 0.3) is 10.9 Å². The summed E-state index contributed by atoms with van der Waals surface area (Å²) in [6.07, 6.45) is 3.90. The summed E-state index contributed by atoms with van der Waals surface area (Å²) in [4.78, 5) is 13.4. The van der Waals surface area contributed by atoms with Gasteiger partial charge in [0.25, 0.3) is 0 Å². The van der Waals surface area contributed by atoms with E-state index in [1.54, 1.807) is 6.07 Å². The molecule has 28 heavy (non-hydrogen) atoms. The minimum atomic E-state index is -3.18. The molecule has 0 unspecified atom stereocenters. The number of aromatic nitrogens is 1. The molecule has 2 heterocycles. The van der Waals surface area contributed by atoms with Crippen LogP contribution in [0.15, 0.2) is 30.9 Å². The van der Waals surface area contributed by atoms with E-state index in [0.717, 1.165) is 22.8 Å². The van der Waals surface area contributed by atoms with Crippen molar-refractivity contribution in [2.45, 2.75) is 19.5 Å². The van der Waals surface area contributed by atoms with Gasteiger partial charge in [-0.25, -0.2) is 8.42 Å². The molecule has 148 valence electrons. The van der Waals surface area contributed by atoms with Crippen molar-refractivity contribution in [3.05, 3.63) is 47.7 Å². The molecule has 0 N–H and O–H groups in total. The third-order valence-corrected chi connectivity index (χ3v) is 6.79. The number of carbonyl (C=O) groups excluding carboxylic acids is 1. The van der Waals surface area contributed by atoms with Crippen molar-refractivity contribution in [1.82, 2.24) is 13.8 Å². The SMILES string of the molecule is C=C[C@@H](Cn1c(C#N)cc2c(C)c(C=O)ccc21)N1CCN(S(C)(=O)=O)CC1. The molecule has 1 aromatic carbocycles. The van der Waals surface area contributed by atoms with Crippen LogP contribution in [0.4, 0.5) is 0 Å². The third kappa shape index (κ3) is 3.74. The fourth-order valence-electron chi connectivity index (χ4n) is 3.80. The lowest BCUT2D eigenvalue weighted by molar-refractivity contribution is 0.112. The number of rotatable bonds is 6. The summed E-state index contributed by atoms with van der Waals surface area (Å²) in [5, 5.41) is 10.5. The number of aldehydes is 1. The van der Waals surface area contributed by atoms with Gasteiger partial charge in [0.1, 0.15) is 18.0 Å². The zero-order valence-electron chi connectivity index (χ0n) is 16.1. The second kappa shape index (κ2) is 7.87. The normalized spacial score (nSPS) is 17.3. The molecule has 1 fully saturated rings. The number of fused-ring (bicyclic) bond motifs is 1. The van der Waals surface area contributed by atoms with Crippen LogP contribution in [-0.2, 0) is 16.6 Å². The van der Waals surface area contributed by atoms with Gasteiger partial charge in [0.15, 0.2) is 0 Å². The molecule has 0 spiro atoms. The zero-order valence-corrected chi connectivity index (χ0v) is 16.9. The number of aryl methyl sites for hydroxylation is 1. The first-order chi connectivity index (χ1) is 13.3. The lowest BCUT2D eigenvalue weighted by Crippen LogP contribution is -2.52. The Bertz CT molecular complexity index is 1060. The van der Waals surface area contributed by atoms with Crippen molar-refractivity contribution < 1.29 is 13.2 Å². The van der Waals surface area contributed by atoms with E-state index in [0.29, 0.717) is 44.0 Å². The van der Waals surface area contributed by atoms with Gasteiger partial charge >= 0.3 is 0 Å². The number of nitriles is 1.